The number of aromatic nitrogens is 1. The molecular weight excluding hydrogens is 202 g/mol. The van der Waals surface area contributed by atoms with Gasteiger partial charge < -0.3 is 4.74 Å². The van der Waals surface area contributed by atoms with Gasteiger partial charge in [0.05, 0.1) is 17.2 Å². The summed E-state index contributed by atoms with van der Waals surface area (Å²) in [6.45, 7) is 3.67. The van der Waals surface area contributed by atoms with Gasteiger partial charge in [-0.2, -0.15) is 0 Å². The Morgan fingerprint density at radius 1 is 1.31 bits per heavy atom. The average molecular weight is 215 g/mol. The number of hydrogen-bond acceptors (Lipinski definition) is 3. The maximum absolute atomic E-state index is 11.7. The van der Waals surface area contributed by atoms with E-state index < -0.39 is 0 Å². The van der Waals surface area contributed by atoms with Crippen LogP contribution < -0.4 is 0 Å². The van der Waals surface area contributed by atoms with Crippen molar-refractivity contribution in [3.63, 3.8) is 0 Å². The molecule has 0 radical (unpaired) electrons. The fourth-order valence-electron chi connectivity index (χ4n) is 1.48. The van der Waals surface area contributed by atoms with Crippen LogP contribution in [0, 0.1) is 0 Å². The molecule has 1 heterocycles. The summed E-state index contributed by atoms with van der Waals surface area (Å²) in [6, 6.07) is 9.13. The summed E-state index contributed by atoms with van der Waals surface area (Å²) in [5, 5.41) is 0.945. The molecule has 3 nitrogen and oxygen atoms in total. The largest absolute Gasteiger partial charge is 0.459 e. The Hall–Kier alpha value is -1.90. The van der Waals surface area contributed by atoms with Crippen molar-refractivity contribution in [1.29, 1.82) is 0 Å². The van der Waals surface area contributed by atoms with Crippen molar-refractivity contribution in [2.75, 3.05) is 0 Å². The SMILES string of the molecule is CC(C)OC(=O)c1ccc2ncccc2c1. The molecule has 3 heteroatoms. The van der Waals surface area contributed by atoms with Gasteiger partial charge in [-0.05, 0) is 38.1 Å². The number of carbonyl (C=O) groups excluding carboxylic acids is 1. The Kier molecular flexibility index (Phi) is 2.86. The summed E-state index contributed by atoms with van der Waals surface area (Å²) < 4.78 is 5.13. The van der Waals surface area contributed by atoms with E-state index in [4.69, 9.17) is 4.74 Å². The van der Waals surface area contributed by atoms with Crippen LogP contribution in [0.15, 0.2) is 36.5 Å². The van der Waals surface area contributed by atoms with Gasteiger partial charge in [-0.25, -0.2) is 4.79 Å². The lowest BCUT2D eigenvalue weighted by Gasteiger charge is -2.08. The molecule has 0 saturated heterocycles. The zero-order valence-corrected chi connectivity index (χ0v) is 9.31. The Labute approximate surface area is 94.1 Å². The number of esters is 1. The number of hydrogen-bond donors (Lipinski definition) is 0. The van der Waals surface area contributed by atoms with E-state index in [-0.39, 0.29) is 12.1 Å². The van der Waals surface area contributed by atoms with Gasteiger partial charge in [-0.3, -0.25) is 4.98 Å². The highest BCUT2D eigenvalue weighted by Crippen LogP contribution is 2.14. The van der Waals surface area contributed by atoms with Crippen molar-refractivity contribution in [1.82, 2.24) is 4.98 Å². The zero-order valence-electron chi connectivity index (χ0n) is 9.31. The van der Waals surface area contributed by atoms with Gasteiger partial charge in [-0.15, -0.1) is 0 Å². The first-order valence-electron chi connectivity index (χ1n) is 5.22. The fourth-order valence-corrected chi connectivity index (χ4v) is 1.48. The second-order valence-corrected chi connectivity index (χ2v) is 3.86. The molecule has 0 unspecified atom stereocenters. The maximum Gasteiger partial charge on any atom is 0.338 e. The number of fused-ring (bicyclic) bond motifs is 1. The number of rotatable bonds is 2. The summed E-state index contributed by atoms with van der Waals surface area (Å²) in [5.74, 6) is -0.291. The molecule has 0 amide bonds. The van der Waals surface area contributed by atoms with Gasteiger partial charge in [0.2, 0.25) is 0 Å². The molecule has 1 aromatic heterocycles. The van der Waals surface area contributed by atoms with E-state index in [1.54, 1.807) is 18.3 Å². The van der Waals surface area contributed by atoms with E-state index >= 15 is 0 Å². The van der Waals surface area contributed by atoms with Crippen LogP contribution in [0.4, 0.5) is 0 Å². The van der Waals surface area contributed by atoms with E-state index in [1.165, 1.54) is 0 Å². The Balaban J connectivity index is 2.35. The Bertz CT molecular complexity index is 520. The standard InChI is InChI=1S/C13H13NO2/c1-9(2)16-13(15)11-5-6-12-10(8-11)4-3-7-14-12/h3-9H,1-2H3. The second kappa shape index (κ2) is 4.31. The van der Waals surface area contributed by atoms with Crippen LogP contribution in [0.3, 0.4) is 0 Å². The predicted octanol–water partition coefficient (Wildman–Crippen LogP) is 2.80. The molecule has 1 aromatic carbocycles. The lowest BCUT2D eigenvalue weighted by Crippen LogP contribution is -2.11. The summed E-state index contributed by atoms with van der Waals surface area (Å²) in [6.07, 6.45) is 1.63. The highest BCUT2D eigenvalue weighted by Gasteiger charge is 2.09. The van der Waals surface area contributed by atoms with Gasteiger partial charge in [0.15, 0.2) is 0 Å². The first-order valence-corrected chi connectivity index (χ1v) is 5.22. The third kappa shape index (κ3) is 2.19. The summed E-state index contributed by atoms with van der Waals surface area (Å²) >= 11 is 0. The molecule has 2 aromatic rings. The van der Waals surface area contributed by atoms with E-state index in [0.717, 1.165) is 10.9 Å². The van der Waals surface area contributed by atoms with Gasteiger partial charge in [0.1, 0.15) is 0 Å². The second-order valence-electron chi connectivity index (χ2n) is 3.86. The average Bonchev–Trinajstić information content (AvgIpc) is 2.27. The van der Waals surface area contributed by atoms with E-state index in [1.807, 2.05) is 32.0 Å². The molecule has 0 N–H and O–H groups in total. The summed E-state index contributed by atoms with van der Waals surface area (Å²) in [7, 11) is 0. The predicted molar refractivity (Wildman–Crippen MR) is 62.3 cm³/mol. The molecule has 0 aliphatic rings. The maximum atomic E-state index is 11.7. The molecule has 0 bridgehead atoms. The van der Waals surface area contributed by atoms with E-state index in [9.17, 15) is 4.79 Å². The summed E-state index contributed by atoms with van der Waals surface area (Å²) in [4.78, 5) is 15.8. The number of carbonyl (C=O) groups is 1. The minimum absolute atomic E-state index is 0.0999. The quantitative estimate of drug-likeness (QED) is 0.723. The minimum atomic E-state index is -0.291. The van der Waals surface area contributed by atoms with Crippen LogP contribution in [0.25, 0.3) is 10.9 Å². The van der Waals surface area contributed by atoms with Crippen molar-refractivity contribution < 1.29 is 9.53 Å². The van der Waals surface area contributed by atoms with Crippen molar-refractivity contribution >= 4 is 16.9 Å². The molecule has 0 fully saturated rings. The van der Waals surface area contributed by atoms with Crippen LogP contribution in [0.1, 0.15) is 24.2 Å². The monoisotopic (exact) mass is 215 g/mol. The molecular formula is C13H13NO2. The van der Waals surface area contributed by atoms with Gasteiger partial charge in [0.25, 0.3) is 0 Å². The molecule has 16 heavy (non-hydrogen) atoms. The zero-order chi connectivity index (χ0) is 11.5. The van der Waals surface area contributed by atoms with Crippen LogP contribution in [0.2, 0.25) is 0 Å². The van der Waals surface area contributed by atoms with Crippen LogP contribution in [-0.4, -0.2) is 17.1 Å². The van der Waals surface area contributed by atoms with Gasteiger partial charge in [-0.1, -0.05) is 6.07 Å². The van der Waals surface area contributed by atoms with E-state index in [2.05, 4.69) is 4.98 Å². The highest BCUT2D eigenvalue weighted by molar-refractivity contribution is 5.94. The molecule has 2 rings (SSSR count). The van der Waals surface area contributed by atoms with Crippen LogP contribution in [0.5, 0.6) is 0 Å². The third-order valence-corrected chi connectivity index (χ3v) is 2.18. The lowest BCUT2D eigenvalue weighted by molar-refractivity contribution is 0.0378. The third-order valence-electron chi connectivity index (χ3n) is 2.18. The molecule has 82 valence electrons. The fraction of sp³-hybridized carbons (Fsp3) is 0.231. The van der Waals surface area contributed by atoms with Crippen LogP contribution >= 0.6 is 0 Å². The van der Waals surface area contributed by atoms with Gasteiger partial charge >= 0.3 is 5.97 Å². The number of nitrogens with zero attached hydrogens (tertiary/aromatic N) is 1. The smallest absolute Gasteiger partial charge is 0.338 e. The minimum Gasteiger partial charge on any atom is -0.459 e. The van der Waals surface area contributed by atoms with Crippen molar-refractivity contribution in [3.05, 3.63) is 42.1 Å². The lowest BCUT2D eigenvalue weighted by atomic mass is 10.1. The molecule has 0 atom stereocenters. The van der Waals surface area contributed by atoms with Gasteiger partial charge in [0, 0.05) is 11.6 Å². The van der Waals surface area contributed by atoms with E-state index in [0.29, 0.717) is 5.56 Å². The highest BCUT2D eigenvalue weighted by atomic mass is 16.5. The molecule has 0 aliphatic heterocycles. The Morgan fingerprint density at radius 3 is 2.88 bits per heavy atom. The topological polar surface area (TPSA) is 39.2 Å². The first kappa shape index (κ1) is 10.6. The summed E-state index contributed by atoms with van der Waals surface area (Å²) in [5.41, 5.74) is 1.44. The first-order chi connectivity index (χ1) is 7.66. The van der Waals surface area contributed by atoms with Crippen molar-refractivity contribution in [3.8, 4) is 0 Å². The van der Waals surface area contributed by atoms with Crippen molar-refractivity contribution in [2.45, 2.75) is 20.0 Å². The normalized spacial score (nSPS) is 10.7. The molecule has 0 aliphatic carbocycles. The molecule has 0 saturated carbocycles. The molecule has 0 spiro atoms. The Morgan fingerprint density at radius 2 is 2.12 bits per heavy atom. The van der Waals surface area contributed by atoms with Crippen molar-refractivity contribution in [2.24, 2.45) is 0 Å². The number of ether oxygens (including phenoxy) is 1. The van der Waals surface area contributed by atoms with Crippen LogP contribution in [-0.2, 0) is 4.74 Å². The number of benzene rings is 1. The number of pyridine rings is 1.